The molecule has 0 heterocycles. The van der Waals surface area contributed by atoms with E-state index in [0.717, 1.165) is 0 Å². The zero-order valence-corrected chi connectivity index (χ0v) is 11.1. The number of nitrogens with zero attached hydrogens (tertiary/aromatic N) is 1. The molecule has 0 spiro atoms. The molecule has 0 N–H and O–H groups in total. The molecule has 0 aromatic heterocycles. The second-order valence-electron chi connectivity index (χ2n) is 3.59. The number of hydrogen-bond donors (Lipinski definition) is 0. The van der Waals surface area contributed by atoms with E-state index < -0.39 is 0 Å². The quantitative estimate of drug-likeness (QED) is 0.451. The van der Waals surface area contributed by atoms with Crippen molar-refractivity contribution in [3.63, 3.8) is 0 Å². The Morgan fingerprint density at radius 3 is 1.83 bits per heavy atom. The number of esters is 2. The normalized spacial score (nSPS) is 9.89. The van der Waals surface area contributed by atoms with Crippen LogP contribution in [-0.2, 0) is 19.1 Å². The molecule has 0 aliphatic rings. The minimum absolute atomic E-state index is 0.254. The summed E-state index contributed by atoms with van der Waals surface area (Å²) < 4.78 is 9.65. The average Bonchev–Trinajstić information content (AvgIpc) is 2.33. The van der Waals surface area contributed by atoms with Crippen molar-refractivity contribution in [2.24, 2.45) is 0 Å². The van der Waals surface area contributed by atoms with Crippen molar-refractivity contribution >= 4 is 11.9 Å². The zero-order chi connectivity index (χ0) is 13.8. The number of carbonyl (C=O) groups is 2. The molecule has 0 aromatic rings. The molecule has 18 heavy (non-hydrogen) atoms. The van der Waals surface area contributed by atoms with Crippen LogP contribution < -0.4 is 0 Å². The fourth-order valence-corrected chi connectivity index (χ4v) is 1.36. The van der Waals surface area contributed by atoms with Gasteiger partial charge in [0.25, 0.3) is 0 Å². The molecular weight excluding hydrogens is 234 g/mol. The predicted molar refractivity (Wildman–Crippen MR) is 67.8 cm³/mol. The van der Waals surface area contributed by atoms with Crippen LogP contribution in [0.3, 0.4) is 0 Å². The van der Waals surface area contributed by atoms with E-state index in [1.54, 1.807) is 13.8 Å². The highest BCUT2D eigenvalue weighted by Crippen LogP contribution is 1.97. The summed E-state index contributed by atoms with van der Waals surface area (Å²) in [5.74, 6) is 1.99. The summed E-state index contributed by atoms with van der Waals surface area (Å²) >= 11 is 0. The van der Waals surface area contributed by atoms with E-state index in [9.17, 15) is 9.59 Å². The van der Waals surface area contributed by atoms with Gasteiger partial charge in [-0.2, -0.15) is 0 Å². The molecule has 0 aliphatic carbocycles. The van der Waals surface area contributed by atoms with E-state index in [0.29, 0.717) is 32.8 Å². The van der Waals surface area contributed by atoms with Gasteiger partial charge in [0.05, 0.1) is 32.6 Å². The second kappa shape index (κ2) is 10.6. The van der Waals surface area contributed by atoms with Crippen LogP contribution in [0.5, 0.6) is 0 Å². The summed E-state index contributed by atoms with van der Waals surface area (Å²) in [6, 6.07) is 0. The number of rotatable bonds is 9. The first-order valence-corrected chi connectivity index (χ1v) is 6.11. The fourth-order valence-electron chi connectivity index (χ4n) is 1.36. The van der Waals surface area contributed by atoms with E-state index in [1.807, 2.05) is 4.90 Å². The lowest BCUT2D eigenvalue weighted by Crippen LogP contribution is -2.30. The Bertz CT molecular complexity index is 274. The Hall–Kier alpha value is -1.54. The number of terminal acetylenes is 1. The Morgan fingerprint density at radius 1 is 1.06 bits per heavy atom. The highest BCUT2D eigenvalue weighted by atomic mass is 16.5. The minimum atomic E-state index is -0.254. The summed E-state index contributed by atoms with van der Waals surface area (Å²) in [6.07, 6.45) is 5.79. The molecule has 0 amide bonds. The van der Waals surface area contributed by atoms with Gasteiger partial charge in [-0.15, -0.1) is 6.42 Å². The molecule has 102 valence electrons. The van der Waals surface area contributed by atoms with Crippen LogP contribution in [0.1, 0.15) is 26.7 Å². The van der Waals surface area contributed by atoms with Crippen LogP contribution in [0.15, 0.2) is 0 Å². The van der Waals surface area contributed by atoms with Crippen molar-refractivity contribution in [2.75, 3.05) is 32.8 Å². The fraction of sp³-hybridized carbons (Fsp3) is 0.692. The molecule has 0 saturated carbocycles. The van der Waals surface area contributed by atoms with Crippen molar-refractivity contribution < 1.29 is 19.1 Å². The van der Waals surface area contributed by atoms with Gasteiger partial charge in [-0.3, -0.25) is 14.5 Å². The molecule has 0 atom stereocenters. The maximum Gasteiger partial charge on any atom is 0.307 e. The Morgan fingerprint density at radius 2 is 1.50 bits per heavy atom. The van der Waals surface area contributed by atoms with E-state index in [1.165, 1.54) is 0 Å². The SMILES string of the molecule is C#CCN(CCC(=O)OCC)CCC(=O)OCC. The Kier molecular flexibility index (Phi) is 9.70. The summed E-state index contributed by atoms with van der Waals surface area (Å²) in [5, 5.41) is 0. The maximum absolute atomic E-state index is 11.2. The van der Waals surface area contributed by atoms with Crippen molar-refractivity contribution in [3.05, 3.63) is 0 Å². The first-order valence-electron chi connectivity index (χ1n) is 6.11. The summed E-state index contributed by atoms with van der Waals surface area (Å²) in [4.78, 5) is 24.3. The van der Waals surface area contributed by atoms with E-state index in [2.05, 4.69) is 5.92 Å². The third kappa shape index (κ3) is 8.59. The van der Waals surface area contributed by atoms with Crippen LogP contribution in [0, 0.1) is 12.3 Å². The van der Waals surface area contributed by atoms with Gasteiger partial charge in [0.2, 0.25) is 0 Å². The molecular formula is C13H21NO4. The van der Waals surface area contributed by atoms with Crippen LogP contribution >= 0.6 is 0 Å². The molecule has 0 bridgehead atoms. The van der Waals surface area contributed by atoms with E-state index in [4.69, 9.17) is 15.9 Å². The first kappa shape index (κ1) is 16.5. The molecule has 0 fully saturated rings. The van der Waals surface area contributed by atoms with Crippen molar-refractivity contribution in [1.82, 2.24) is 4.90 Å². The third-order valence-corrected chi connectivity index (χ3v) is 2.19. The lowest BCUT2D eigenvalue weighted by molar-refractivity contribution is -0.143. The zero-order valence-electron chi connectivity index (χ0n) is 11.1. The predicted octanol–water partition coefficient (Wildman–Crippen LogP) is 0.828. The molecule has 5 heteroatoms. The van der Waals surface area contributed by atoms with Crippen LogP contribution in [0.4, 0.5) is 0 Å². The summed E-state index contributed by atoms with van der Waals surface area (Å²) in [7, 11) is 0. The van der Waals surface area contributed by atoms with Gasteiger partial charge in [-0.1, -0.05) is 5.92 Å². The van der Waals surface area contributed by atoms with Gasteiger partial charge in [0.1, 0.15) is 0 Å². The summed E-state index contributed by atoms with van der Waals surface area (Å²) in [5.41, 5.74) is 0. The van der Waals surface area contributed by atoms with Crippen LogP contribution in [0.25, 0.3) is 0 Å². The minimum Gasteiger partial charge on any atom is -0.466 e. The van der Waals surface area contributed by atoms with Crippen molar-refractivity contribution in [1.29, 1.82) is 0 Å². The van der Waals surface area contributed by atoms with Gasteiger partial charge in [0.15, 0.2) is 0 Å². The molecule has 0 rings (SSSR count). The summed E-state index contributed by atoms with van der Waals surface area (Å²) in [6.45, 7) is 5.65. The number of carbonyl (C=O) groups excluding carboxylic acids is 2. The van der Waals surface area contributed by atoms with E-state index in [-0.39, 0.29) is 24.8 Å². The van der Waals surface area contributed by atoms with Gasteiger partial charge in [-0.05, 0) is 13.8 Å². The molecule has 0 aromatic carbocycles. The number of hydrogen-bond acceptors (Lipinski definition) is 5. The lowest BCUT2D eigenvalue weighted by atomic mass is 10.3. The van der Waals surface area contributed by atoms with Crippen molar-refractivity contribution in [3.8, 4) is 12.3 Å². The molecule has 0 unspecified atom stereocenters. The second-order valence-corrected chi connectivity index (χ2v) is 3.59. The molecule has 0 radical (unpaired) electrons. The lowest BCUT2D eigenvalue weighted by Gasteiger charge is -2.18. The maximum atomic E-state index is 11.2. The van der Waals surface area contributed by atoms with Gasteiger partial charge >= 0.3 is 11.9 Å². The highest BCUT2D eigenvalue weighted by Gasteiger charge is 2.10. The largest absolute Gasteiger partial charge is 0.466 e. The smallest absolute Gasteiger partial charge is 0.307 e. The van der Waals surface area contributed by atoms with E-state index >= 15 is 0 Å². The standard InChI is InChI=1S/C13H21NO4/c1-4-9-14(10-7-12(15)17-5-2)11-8-13(16)18-6-3/h1H,5-11H2,2-3H3. The monoisotopic (exact) mass is 255 g/mol. The molecule has 0 saturated heterocycles. The number of ether oxygens (including phenoxy) is 2. The topological polar surface area (TPSA) is 55.8 Å². The van der Waals surface area contributed by atoms with Crippen molar-refractivity contribution in [2.45, 2.75) is 26.7 Å². The Balaban J connectivity index is 3.95. The highest BCUT2D eigenvalue weighted by molar-refractivity contribution is 5.70. The average molecular weight is 255 g/mol. The van der Waals surface area contributed by atoms with Crippen LogP contribution in [-0.4, -0.2) is 49.7 Å². The Labute approximate surface area is 108 Å². The van der Waals surface area contributed by atoms with Gasteiger partial charge in [-0.25, -0.2) is 0 Å². The third-order valence-electron chi connectivity index (χ3n) is 2.19. The van der Waals surface area contributed by atoms with Gasteiger partial charge < -0.3 is 9.47 Å². The van der Waals surface area contributed by atoms with Gasteiger partial charge in [0, 0.05) is 13.1 Å². The first-order chi connectivity index (χ1) is 8.63. The van der Waals surface area contributed by atoms with Crippen LogP contribution in [0.2, 0.25) is 0 Å². The molecule has 0 aliphatic heterocycles. The molecule has 5 nitrogen and oxygen atoms in total.